The molecule has 2 aliphatic rings. The molecule has 2 fully saturated rings. The number of anilines is 1. The van der Waals surface area contributed by atoms with Gasteiger partial charge in [0, 0.05) is 36.5 Å². The van der Waals surface area contributed by atoms with Crippen molar-refractivity contribution in [2.45, 2.75) is 31.4 Å². The Morgan fingerprint density at radius 1 is 1.52 bits per heavy atom. The van der Waals surface area contributed by atoms with Gasteiger partial charge in [0.2, 0.25) is 0 Å². The summed E-state index contributed by atoms with van der Waals surface area (Å²) in [6, 6.07) is 5.98. The molecule has 0 radical (unpaired) electrons. The summed E-state index contributed by atoms with van der Waals surface area (Å²) in [7, 11) is 1.68. The second kappa shape index (κ2) is 9.26. The maximum atomic E-state index is 10.5. The molecule has 0 aromatic heterocycles. The summed E-state index contributed by atoms with van der Waals surface area (Å²) in [5, 5.41) is 18.0. The van der Waals surface area contributed by atoms with E-state index in [-0.39, 0.29) is 6.04 Å². The number of nitrogens with one attached hydrogen (secondary N) is 2. The van der Waals surface area contributed by atoms with Crippen LogP contribution in [0.15, 0.2) is 23.2 Å². The SMILES string of the molecule is CCNC(=NCC1(O)CCSC1)NC1CCN(c2cc(Cl)ccc2OC)C1. The van der Waals surface area contributed by atoms with Crippen molar-refractivity contribution in [2.24, 2.45) is 4.99 Å². The summed E-state index contributed by atoms with van der Waals surface area (Å²) < 4.78 is 5.49. The van der Waals surface area contributed by atoms with Crippen LogP contribution >= 0.6 is 23.4 Å². The third-order valence-electron chi connectivity index (χ3n) is 4.97. The van der Waals surface area contributed by atoms with E-state index in [4.69, 9.17) is 16.3 Å². The number of ether oxygens (including phenoxy) is 1. The monoisotopic (exact) mass is 412 g/mol. The maximum Gasteiger partial charge on any atom is 0.191 e. The average molecular weight is 413 g/mol. The summed E-state index contributed by atoms with van der Waals surface area (Å²) in [5.74, 6) is 3.38. The minimum absolute atomic E-state index is 0.277. The van der Waals surface area contributed by atoms with Crippen LogP contribution in [-0.4, -0.2) is 67.5 Å². The summed E-state index contributed by atoms with van der Waals surface area (Å²) in [6.45, 7) is 5.05. The number of aliphatic imine (C=N–C) groups is 1. The normalized spacial score (nSPS) is 25.7. The fourth-order valence-corrected chi connectivity index (χ4v) is 4.92. The van der Waals surface area contributed by atoms with Gasteiger partial charge in [0.15, 0.2) is 5.96 Å². The fourth-order valence-electron chi connectivity index (χ4n) is 3.47. The zero-order chi connectivity index (χ0) is 19.3. The number of rotatable bonds is 6. The molecule has 2 heterocycles. The number of thioether (sulfide) groups is 1. The number of hydrogen-bond acceptors (Lipinski definition) is 5. The van der Waals surface area contributed by atoms with Gasteiger partial charge >= 0.3 is 0 Å². The van der Waals surface area contributed by atoms with Gasteiger partial charge in [-0.15, -0.1) is 0 Å². The molecule has 0 aliphatic carbocycles. The summed E-state index contributed by atoms with van der Waals surface area (Å²) >= 11 is 7.97. The Morgan fingerprint density at radius 2 is 2.37 bits per heavy atom. The van der Waals surface area contributed by atoms with Gasteiger partial charge in [0.05, 0.1) is 24.9 Å². The molecule has 0 spiro atoms. The Hall–Kier alpha value is -1.31. The van der Waals surface area contributed by atoms with Crippen LogP contribution in [0.25, 0.3) is 0 Å². The van der Waals surface area contributed by atoms with Gasteiger partial charge in [-0.3, -0.25) is 4.99 Å². The minimum Gasteiger partial charge on any atom is -0.495 e. The Bertz CT molecular complexity index is 667. The first-order valence-corrected chi connectivity index (χ1v) is 11.0. The number of methoxy groups -OCH3 is 1. The highest BCUT2D eigenvalue weighted by Gasteiger charge is 2.32. The zero-order valence-electron chi connectivity index (χ0n) is 16.0. The topological polar surface area (TPSA) is 69.1 Å². The molecule has 0 bridgehead atoms. The molecule has 150 valence electrons. The van der Waals surface area contributed by atoms with Crippen LogP contribution in [0.5, 0.6) is 5.75 Å². The molecule has 8 heteroatoms. The highest BCUT2D eigenvalue weighted by atomic mass is 35.5. The third-order valence-corrected chi connectivity index (χ3v) is 6.44. The number of halogens is 1. The van der Waals surface area contributed by atoms with E-state index in [9.17, 15) is 5.11 Å². The van der Waals surface area contributed by atoms with Crippen molar-refractivity contribution >= 4 is 35.0 Å². The van der Waals surface area contributed by atoms with Gasteiger partial charge in [-0.2, -0.15) is 11.8 Å². The predicted molar refractivity (Wildman–Crippen MR) is 115 cm³/mol. The largest absolute Gasteiger partial charge is 0.495 e. The molecule has 3 rings (SSSR count). The molecule has 2 aliphatic heterocycles. The second-order valence-corrected chi connectivity index (χ2v) is 8.66. The first kappa shape index (κ1) is 20.4. The molecule has 2 saturated heterocycles. The third kappa shape index (κ3) is 5.36. The lowest BCUT2D eigenvalue weighted by Crippen LogP contribution is -2.45. The van der Waals surface area contributed by atoms with Gasteiger partial charge in [-0.25, -0.2) is 0 Å². The predicted octanol–water partition coefficient (Wildman–Crippen LogP) is 2.35. The van der Waals surface area contributed by atoms with E-state index in [1.54, 1.807) is 18.9 Å². The van der Waals surface area contributed by atoms with Gasteiger partial charge in [-0.05, 0) is 43.7 Å². The molecule has 2 atom stereocenters. The van der Waals surface area contributed by atoms with Crippen LogP contribution in [0, 0.1) is 0 Å². The van der Waals surface area contributed by atoms with Crippen LogP contribution in [0.4, 0.5) is 5.69 Å². The Balaban J connectivity index is 1.62. The number of benzene rings is 1. The van der Waals surface area contributed by atoms with Crippen molar-refractivity contribution in [2.75, 3.05) is 49.7 Å². The van der Waals surface area contributed by atoms with Crippen LogP contribution in [0.1, 0.15) is 19.8 Å². The molecule has 2 unspecified atom stereocenters. The van der Waals surface area contributed by atoms with Crippen LogP contribution < -0.4 is 20.3 Å². The highest BCUT2D eigenvalue weighted by Crippen LogP contribution is 2.33. The van der Waals surface area contributed by atoms with Crippen molar-refractivity contribution in [3.8, 4) is 5.75 Å². The Labute approximate surface area is 170 Å². The van der Waals surface area contributed by atoms with Crippen molar-refractivity contribution in [3.63, 3.8) is 0 Å². The van der Waals surface area contributed by atoms with E-state index in [0.717, 1.165) is 61.4 Å². The molecule has 0 saturated carbocycles. The van der Waals surface area contributed by atoms with Crippen molar-refractivity contribution in [1.82, 2.24) is 10.6 Å². The van der Waals surface area contributed by atoms with Crippen molar-refractivity contribution in [3.05, 3.63) is 23.2 Å². The summed E-state index contributed by atoms with van der Waals surface area (Å²) in [4.78, 5) is 6.93. The minimum atomic E-state index is -0.664. The lowest BCUT2D eigenvalue weighted by molar-refractivity contribution is 0.0778. The van der Waals surface area contributed by atoms with E-state index in [2.05, 4.69) is 27.4 Å². The summed E-state index contributed by atoms with van der Waals surface area (Å²) in [6.07, 6.45) is 1.81. The molecular formula is C19H29ClN4O2S. The van der Waals surface area contributed by atoms with Gasteiger partial charge < -0.3 is 25.4 Å². The van der Waals surface area contributed by atoms with E-state index < -0.39 is 5.60 Å². The molecule has 3 N–H and O–H groups in total. The lowest BCUT2D eigenvalue weighted by atomic mass is 10.1. The van der Waals surface area contributed by atoms with Gasteiger partial charge in [0.25, 0.3) is 0 Å². The van der Waals surface area contributed by atoms with E-state index >= 15 is 0 Å². The number of aliphatic hydroxyl groups is 1. The average Bonchev–Trinajstić information content (AvgIpc) is 3.29. The van der Waals surface area contributed by atoms with Crippen LogP contribution in [0.2, 0.25) is 5.02 Å². The molecule has 1 aromatic carbocycles. The first-order chi connectivity index (χ1) is 13.0. The summed E-state index contributed by atoms with van der Waals surface area (Å²) in [5.41, 5.74) is 0.358. The standard InChI is InChI=1S/C19H29ClN4O2S/c1-3-21-18(22-12-19(25)7-9-27-13-19)23-15-6-8-24(11-15)16-10-14(20)4-5-17(16)26-2/h4-5,10,15,25H,3,6-9,11-13H2,1-2H3,(H2,21,22,23). The molecule has 27 heavy (non-hydrogen) atoms. The second-order valence-electron chi connectivity index (χ2n) is 7.11. The van der Waals surface area contributed by atoms with Crippen LogP contribution in [-0.2, 0) is 0 Å². The Kier molecular flexibility index (Phi) is 7.00. The van der Waals surface area contributed by atoms with Crippen LogP contribution in [0.3, 0.4) is 0 Å². The molecule has 6 nitrogen and oxygen atoms in total. The highest BCUT2D eigenvalue weighted by molar-refractivity contribution is 7.99. The lowest BCUT2D eigenvalue weighted by Gasteiger charge is -2.23. The smallest absolute Gasteiger partial charge is 0.191 e. The molecule has 1 aromatic rings. The molecular weight excluding hydrogens is 384 g/mol. The quantitative estimate of drug-likeness (QED) is 0.492. The van der Waals surface area contributed by atoms with Crippen molar-refractivity contribution in [1.29, 1.82) is 0 Å². The molecule has 0 amide bonds. The van der Waals surface area contributed by atoms with E-state index in [1.165, 1.54) is 0 Å². The first-order valence-electron chi connectivity index (χ1n) is 9.46. The number of hydrogen-bond donors (Lipinski definition) is 3. The van der Waals surface area contributed by atoms with Gasteiger partial charge in [0.1, 0.15) is 5.75 Å². The zero-order valence-corrected chi connectivity index (χ0v) is 17.6. The fraction of sp³-hybridized carbons (Fsp3) is 0.632. The number of nitrogens with zero attached hydrogens (tertiary/aromatic N) is 2. The van der Waals surface area contributed by atoms with Gasteiger partial charge in [-0.1, -0.05) is 11.6 Å². The maximum absolute atomic E-state index is 10.5. The van der Waals surface area contributed by atoms with Crippen molar-refractivity contribution < 1.29 is 9.84 Å². The van der Waals surface area contributed by atoms with E-state index in [1.807, 2.05) is 18.2 Å². The van der Waals surface area contributed by atoms with E-state index in [0.29, 0.717) is 11.6 Å². The Morgan fingerprint density at radius 3 is 3.07 bits per heavy atom. The number of guanidine groups is 1.